The second-order valence-corrected chi connectivity index (χ2v) is 4.46. The van der Waals surface area contributed by atoms with E-state index in [9.17, 15) is 4.79 Å². The summed E-state index contributed by atoms with van der Waals surface area (Å²) < 4.78 is 5.10. The van der Waals surface area contributed by atoms with E-state index in [2.05, 4.69) is 13.8 Å². The SMILES string of the molecule is CC(C)CCOC(=O)c1ccc(N)cc1Cl. The normalized spacial score (nSPS) is 10.5. The zero-order valence-electron chi connectivity index (χ0n) is 9.50. The van der Waals surface area contributed by atoms with Crippen LogP contribution in [0.1, 0.15) is 30.6 Å². The molecular weight excluding hydrogens is 226 g/mol. The average molecular weight is 242 g/mol. The summed E-state index contributed by atoms with van der Waals surface area (Å²) in [5.41, 5.74) is 6.42. The van der Waals surface area contributed by atoms with Crippen LogP contribution in [0, 0.1) is 5.92 Å². The Balaban J connectivity index is 2.59. The van der Waals surface area contributed by atoms with Gasteiger partial charge in [-0.05, 0) is 30.5 Å². The number of ether oxygens (including phenoxy) is 1. The minimum Gasteiger partial charge on any atom is -0.462 e. The minimum absolute atomic E-state index is 0.328. The first-order valence-corrected chi connectivity index (χ1v) is 5.60. The van der Waals surface area contributed by atoms with Crippen molar-refractivity contribution in [1.82, 2.24) is 0 Å². The number of halogens is 1. The molecule has 1 aromatic rings. The van der Waals surface area contributed by atoms with Crippen molar-refractivity contribution in [3.05, 3.63) is 28.8 Å². The Labute approximate surface area is 101 Å². The number of nitrogens with two attached hydrogens (primary N) is 1. The summed E-state index contributed by atoms with van der Waals surface area (Å²) >= 11 is 5.89. The molecule has 0 unspecified atom stereocenters. The van der Waals surface area contributed by atoms with Gasteiger partial charge in [0.1, 0.15) is 0 Å². The molecule has 0 radical (unpaired) electrons. The quantitative estimate of drug-likeness (QED) is 0.651. The van der Waals surface area contributed by atoms with Gasteiger partial charge in [-0.2, -0.15) is 0 Å². The van der Waals surface area contributed by atoms with Crippen molar-refractivity contribution in [2.45, 2.75) is 20.3 Å². The lowest BCUT2D eigenvalue weighted by Gasteiger charge is -2.08. The van der Waals surface area contributed by atoms with Crippen LogP contribution in [0.3, 0.4) is 0 Å². The Bertz CT molecular complexity index is 377. The maximum atomic E-state index is 11.6. The maximum Gasteiger partial charge on any atom is 0.339 e. The molecule has 4 heteroatoms. The monoisotopic (exact) mass is 241 g/mol. The summed E-state index contributed by atoms with van der Waals surface area (Å²) in [6, 6.07) is 4.75. The number of carbonyl (C=O) groups is 1. The van der Waals surface area contributed by atoms with Gasteiger partial charge in [-0.15, -0.1) is 0 Å². The van der Waals surface area contributed by atoms with Crippen LogP contribution in [0.25, 0.3) is 0 Å². The Kier molecular flexibility index (Phi) is 4.62. The fourth-order valence-electron chi connectivity index (χ4n) is 1.16. The lowest BCUT2D eigenvalue weighted by molar-refractivity contribution is 0.0488. The van der Waals surface area contributed by atoms with Gasteiger partial charge in [0.25, 0.3) is 0 Å². The van der Waals surface area contributed by atoms with Crippen molar-refractivity contribution >= 4 is 23.3 Å². The number of hydrogen-bond donors (Lipinski definition) is 1. The van der Waals surface area contributed by atoms with Gasteiger partial charge < -0.3 is 10.5 Å². The maximum absolute atomic E-state index is 11.6. The molecule has 3 nitrogen and oxygen atoms in total. The molecule has 0 aliphatic rings. The molecule has 0 heterocycles. The summed E-state index contributed by atoms with van der Waals surface area (Å²) in [5.74, 6) is 0.111. The number of esters is 1. The average Bonchev–Trinajstić information content (AvgIpc) is 2.16. The van der Waals surface area contributed by atoms with Crippen LogP contribution >= 0.6 is 11.6 Å². The lowest BCUT2D eigenvalue weighted by atomic mass is 10.1. The molecule has 1 rings (SSSR count). The topological polar surface area (TPSA) is 52.3 Å². The fraction of sp³-hybridized carbons (Fsp3) is 0.417. The summed E-state index contributed by atoms with van der Waals surface area (Å²) in [6.45, 7) is 4.56. The third-order valence-electron chi connectivity index (χ3n) is 2.14. The third-order valence-corrected chi connectivity index (χ3v) is 2.45. The molecule has 0 aromatic heterocycles. The van der Waals surface area contributed by atoms with Crippen molar-refractivity contribution < 1.29 is 9.53 Å². The zero-order chi connectivity index (χ0) is 12.1. The minimum atomic E-state index is -0.398. The summed E-state index contributed by atoms with van der Waals surface area (Å²) in [7, 11) is 0. The highest BCUT2D eigenvalue weighted by Crippen LogP contribution is 2.20. The Morgan fingerprint density at radius 1 is 1.50 bits per heavy atom. The first kappa shape index (κ1) is 12.8. The number of carbonyl (C=O) groups excluding carboxylic acids is 1. The van der Waals surface area contributed by atoms with Crippen LogP contribution in [-0.4, -0.2) is 12.6 Å². The van der Waals surface area contributed by atoms with Crippen molar-refractivity contribution in [3.8, 4) is 0 Å². The van der Waals surface area contributed by atoms with E-state index < -0.39 is 5.97 Å². The van der Waals surface area contributed by atoms with E-state index in [4.69, 9.17) is 22.1 Å². The van der Waals surface area contributed by atoms with Crippen LogP contribution in [0.15, 0.2) is 18.2 Å². The van der Waals surface area contributed by atoms with Gasteiger partial charge >= 0.3 is 5.97 Å². The van der Waals surface area contributed by atoms with Crippen molar-refractivity contribution in [3.63, 3.8) is 0 Å². The molecule has 0 amide bonds. The standard InChI is InChI=1S/C12H16ClNO2/c1-8(2)5-6-16-12(15)10-4-3-9(14)7-11(10)13/h3-4,7-8H,5-6,14H2,1-2H3. The highest BCUT2D eigenvalue weighted by atomic mass is 35.5. The van der Waals surface area contributed by atoms with E-state index in [0.29, 0.717) is 28.8 Å². The van der Waals surface area contributed by atoms with Crippen molar-refractivity contribution in [2.75, 3.05) is 12.3 Å². The summed E-state index contributed by atoms with van der Waals surface area (Å²) in [4.78, 5) is 11.6. The van der Waals surface area contributed by atoms with Crippen molar-refractivity contribution in [2.24, 2.45) is 5.92 Å². The van der Waals surface area contributed by atoms with Crippen LogP contribution in [0.4, 0.5) is 5.69 Å². The molecule has 0 aliphatic carbocycles. The number of hydrogen-bond acceptors (Lipinski definition) is 3. The fourth-order valence-corrected chi connectivity index (χ4v) is 1.43. The molecule has 0 saturated carbocycles. The predicted molar refractivity (Wildman–Crippen MR) is 65.6 cm³/mol. The summed E-state index contributed by atoms with van der Waals surface area (Å²) in [6.07, 6.45) is 0.846. The third kappa shape index (κ3) is 3.74. The first-order valence-electron chi connectivity index (χ1n) is 5.23. The molecular formula is C12H16ClNO2. The van der Waals surface area contributed by atoms with Crippen LogP contribution in [0.5, 0.6) is 0 Å². The Morgan fingerprint density at radius 2 is 2.19 bits per heavy atom. The molecule has 0 saturated heterocycles. The second kappa shape index (κ2) is 5.75. The van der Waals surface area contributed by atoms with Gasteiger partial charge in [-0.1, -0.05) is 25.4 Å². The highest BCUT2D eigenvalue weighted by Gasteiger charge is 2.11. The van der Waals surface area contributed by atoms with Crippen molar-refractivity contribution in [1.29, 1.82) is 0 Å². The molecule has 0 spiro atoms. The lowest BCUT2D eigenvalue weighted by Crippen LogP contribution is -2.08. The van der Waals surface area contributed by atoms with Gasteiger partial charge in [0, 0.05) is 5.69 Å². The number of nitrogen functional groups attached to an aromatic ring is 1. The van der Waals surface area contributed by atoms with E-state index in [1.165, 1.54) is 0 Å². The predicted octanol–water partition coefficient (Wildman–Crippen LogP) is 3.13. The van der Waals surface area contributed by atoms with E-state index >= 15 is 0 Å². The molecule has 1 aromatic carbocycles. The smallest absolute Gasteiger partial charge is 0.339 e. The van der Waals surface area contributed by atoms with Gasteiger partial charge in [-0.3, -0.25) is 0 Å². The van der Waals surface area contributed by atoms with E-state index in [-0.39, 0.29) is 0 Å². The molecule has 0 fully saturated rings. The van der Waals surface area contributed by atoms with Crippen LogP contribution < -0.4 is 5.73 Å². The first-order chi connectivity index (χ1) is 7.50. The number of benzene rings is 1. The largest absolute Gasteiger partial charge is 0.462 e. The Morgan fingerprint density at radius 3 is 2.75 bits per heavy atom. The number of anilines is 1. The molecule has 88 valence electrons. The van der Waals surface area contributed by atoms with Gasteiger partial charge in [0.15, 0.2) is 0 Å². The Hall–Kier alpha value is -1.22. The molecule has 0 bridgehead atoms. The van der Waals surface area contributed by atoms with Crippen LogP contribution in [0.2, 0.25) is 5.02 Å². The van der Waals surface area contributed by atoms with E-state index in [1.807, 2.05) is 0 Å². The van der Waals surface area contributed by atoms with E-state index in [0.717, 1.165) is 6.42 Å². The van der Waals surface area contributed by atoms with Gasteiger partial charge in [-0.25, -0.2) is 4.79 Å². The summed E-state index contributed by atoms with van der Waals surface area (Å²) in [5, 5.41) is 0.328. The van der Waals surface area contributed by atoms with Gasteiger partial charge in [0.2, 0.25) is 0 Å². The zero-order valence-corrected chi connectivity index (χ0v) is 10.3. The van der Waals surface area contributed by atoms with Crippen LogP contribution in [-0.2, 0) is 4.74 Å². The molecule has 16 heavy (non-hydrogen) atoms. The van der Waals surface area contributed by atoms with Gasteiger partial charge in [0.05, 0.1) is 17.2 Å². The molecule has 0 aliphatic heterocycles. The molecule has 0 atom stereocenters. The number of rotatable bonds is 4. The highest BCUT2D eigenvalue weighted by molar-refractivity contribution is 6.33. The van der Waals surface area contributed by atoms with E-state index in [1.54, 1.807) is 18.2 Å². The molecule has 2 N–H and O–H groups in total. The second-order valence-electron chi connectivity index (χ2n) is 4.06.